The second-order valence-corrected chi connectivity index (χ2v) is 6.35. The van der Waals surface area contributed by atoms with Crippen LogP contribution in [0.3, 0.4) is 0 Å². The Bertz CT molecular complexity index is 752. The number of hydrogen-bond donors (Lipinski definition) is 1. The molecule has 7 heteroatoms. The first-order chi connectivity index (χ1) is 12.0. The number of urea groups is 1. The van der Waals surface area contributed by atoms with Gasteiger partial charge < -0.3 is 19.6 Å². The predicted molar refractivity (Wildman–Crippen MR) is 93.2 cm³/mol. The fraction of sp³-hybridized carbons (Fsp3) is 0.389. The molecule has 132 valence electrons. The summed E-state index contributed by atoms with van der Waals surface area (Å²) in [5.41, 5.74) is 2.54. The van der Waals surface area contributed by atoms with E-state index in [0.717, 1.165) is 16.9 Å². The zero-order valence-corrected chi connectivity index (χ0v) is 14.7. The molecule has 0 radical (unpaired) electrons. The van der Waals surface area contributed by atoms with Crippen LogP contribution in [0.25, 0.3) is 0 Å². The highest BCUT2D eigenvalue weighted by atomic mass is 16.5. The third kappa shape index (κ3) is 3.65. The number of rotatable bonds is 4. The molecule has 0 bridgehead atoms. The van der Waals surface area contributed by atoms with Gasteiger partial charge in [-0.2, -0.15) is 0 Å². The average Bonchev–Trinajstić information content (AvgIpc) is 3.12. The predicted octanol–water partition coefficient (Wildman–Crippen LogP) is 2.24. The van der Waals surface area contributed by atoms with Crippen molar-refractivity contribution in [1.82, 2.24) is 15.4 Å². The van der Waals surface area contributed by atoms with Crippen molar-refractivity contribution in [2.24, 2.45) is 0 Å². The summed E-state index contributed by atoms with van der Waals surface area (Å²) in [6.45, 7) is 4.57. The van der Waals surface area contributed by atoms with Crippen LogP contribution in [-0.2, 0) is 11.3 Å². The number of aromatic nitrogens is 1. The second kappa shape index (κ2) is 6.96. The number of carbonyl (C=O) groups is 2. The summed E-state index contributed by atoms with van der Waals surface area (Å²) < 4.78 is 5.13. The summed E-state index contributed by atoms with van der Waals surface area (Å²) in [5.74, 6) is 0.730. The highest BCUT2D eigenvalue weighted by molar-refractivity contribution is 5.96. The molecule has 1 aliphatic rings. The first-order valence-electron chi connectivity index (χ1n) is 8.24. The van der Waals surface area contributed by atoms with Crippen LogP contribution in [0.2, 0.25) is 0 Å². The Hall–Kier alpha value is -2.83. The van der Waals surface area contributed by atoms with Gasteiger partial charge >= 0.3 is 6.03 Å². The van der Waals surface area contributed by atoms with E-state index in [-0.39, 0.29) is 18.0 Å². The van der Waals surface area contributed by atoms with E-state index in [1.807, 2.05) is 44.2 Å². The number of anilines is 1. The van der Waals surface area contributed by atoms with E-state index in [4.69, 9.17) is 4.52 Å². The molecule has 0 spiro atoms. The van der Waals surface area contributed by atoms with Crippen LogP contribution in [0.4, 0.5) is 10.5 Å². The molecule has 2 heterocycles. The van der Waals surface area contributed by atoms with Gasteiger partial charge in [0.25, 0.3) is 0 Å². The second-order valence-electron chi connectivity index (χ2n) is 6.35. The fourth-order valence-corrected chi connectivity index (χ4v) is 2.98. The maximum Gasteiger partial charge on any atom is 0.317 e. The van der Waals surface area contributed by atoms with Gasteiger partial charge in [-0.05, 0) is 26.0 Å². The van der Waals surface area contributed by atoms with Crippen LogP contribution in [0.15, 0.2) is 34.9 Å². The largest absolute Gasteiger partial charge is 0.361 e. The maximum absolute atomic E-state index is 12.4. The van der Waals surface area contributed by atoms with Gasteiger partial charge in [0.05, 0.1) is 18.3 Å². The molecule has 1 N–H and O–H groups in total. The van der Waals surface area contributed by atoms with E-state index in [9.17, 15) is 9.59 Å². The number of nitrogens with one attached hydrogen (secondary N) is 1. The minimum Gasteiger partial charge on any atom is -0.361 e. The molecule has 3 amide bonds. The summed E-state index contributed by atoms with van der Waals surface area (Å²) in [6, 6.07) is 9.07. The minimum absolute atomic E-state index is 0.0184. The summed E-state index contributed by atoms with van der Waals surface area (Å²) in [7, 11) is 1.72. The van der Waals surface area contributed by atoms with Crippen molar-refractivity contribution in [1.29, 1.82) is 0 Å². The molecule has 1 saturated heterocycles. The Morgan fingerprint density at radius 1 is 1.36 bits per heavy atom. The molecule has 1 fully saturated rings. The molecule has 2 aromatic rings. The summed E-state index contributed by atoms with van der Waals surface area (Å²) >= 11 is 0. The molecule has 0 aliphatic carbocycles. The lowest BCUT2D eigenvalue weighted by Crippen LogP contribution is -2.44. The maximum atomic E-state index is 12.4. The van der Waals surface area contributed by atoms with E-state index in [0.29, 0.717) is 25.3 Å². The van der Waals surface area contributed by atoms with Crippen molar-refractivity contribution >= 4 is 17.6 Å². The number of hydrogen-bond acceptors (Lipinski definition) is 4. The first kappa shape index (κ1) is 17.0. The zero-order valence-electron chi connectivity index (χ0n) is 14.7. The molecule has 1 aromatic heterocycles. The molecule has 7 nitrogen and oxygen atoms in total. The number of nitrogens with zero attached hydrogens (tertiary/aromatic N) is 3. The SMILES string of the molecule is Cc1noc(C)c1CN(C)C(=O)NC1CC(=O)N(c2ccccc2)C1. The highest BCUT2D eigenvalue weighted by Gasteiger charge is 2.32. The Morgan fingerprint density at radius 3 is 2.72 bits per heavy atom. The third-order valence-electron chi connectivity index (χ3n) is 4.44. The Balaban J connectivity index is 1.59. The topological polar surface area (TPSA) is 78.7 Å². The van der Waals surface area contributed by atoms with Crippen LogP contribution in [0.5, 0.6) is 0 Å². The number of aryl methyl sites for hydroxylation is 2. The molecule has 0 saturated carbocycles. The Kier molecular flexibility index (Phi) is 4.74. The van der Waals surface area contributed by atoms with Crippen LogP contribution in [-0.4, -0.2) is 41.6 Å². The van der Waals surface area contributed by atoms with E-state index in [1.54, 1.807) is 16.8 Å². The van der Waals surface area contributed by atoms with E-state index in [2.05, 4.69) is 10.5 Å². The van der Waals surface area contributed by atoms with Gasteiger partial charge in [-0.25, -0.2) is 4.79 Å². The molecule has 25 heavy (non-hydrogen) atoms. The number of benzene rings is 1. The number of para-hydroxylation sites is 1. The van der Waals surface area contributed by atoms with Crippen LogP contribution in [0.1, 0.15) is 23.4 Å². The quantitative estimate of drug-likeness (QED) is 0.924. The fourth-order valence-electron chi connectivity index (χ4n) is 2.98. The van der Waals surface area contributed by atoms with Crippen LogP contribution in [0, 0.1) is 13.8 Å². The van der Waals surface area contributed by atoms with Crippen molar-refractivity contribution < 1.29 is 14.1 Å². The lowest BCUT2D eigenvalue weighted by molar-refractivity contribution is -0.117. The van der Waals surface area contributed by atoms with Crippen LogP contribution < -0.4 is 10.2 Å². The van der Waals surface area contributed by atoms with Crippen molar-refractivity contribution in [3.8, 4) is 0 Å². The molecule has 1 unspecified atom stereocenters. The Morgan fingerprint density at radius 2 is 2.08 bits per heavy atom. The van der Waals surface area contributed by atoms with Crippen molar-refractivity contribution in [3.63, 3.8) is 0 Å². The molecule has 1 atom stereocenters. The molecular weight excluding hydrogens is 320 g/mol. The van der Waals surface area contributed by atoms with Gasteiger partial charge in [-0.3, -0.25) is 4.79 Å². The molecule has 1 aliphatic heterocycles. The Labute approximate surface area is 146 Å². The van der Waals surface area contributed by atoms with E-state index in [1.165, 1.54) is 0 Å². The molecular formula is C18H22N4O3. The standard InChI is InChI=1S/C18H22N4O3/c1-12-16(13(2)25-20-12)11-21(3)18(24)19-14-9-17(23)22(10-14)15-7-5-4-6-8-15/h4-8,14H,9-11H2,1-3H3,(H,19,24). The van der Waals surface area contributed by atoms with Gasteiger partial charge in [0.15, 0.2) is 0 Å². The summed E-state index contributed by atoms with van der Waals surface area (Å²) in [6.07, 6.45) is 0.305. The molecule has 1 aromatic carbocycles. The highest BCUT2D eigenvalue weighted by Crippen LogP contribution is 2.21. The number of carbonyl (C=O) groups excluding carboxylic acids is 2. The van der Waals surface area contributed by atoms with Gasteiger partial charge in [0.2, 0.25) is 5.91 Å². The van der Waals surface area contributed by atoms with Crippen molar-refractivity contribution in [2.75, 3.05) is 18.5 Å². The van der Waals surface area contributed by atoms with E-state index < -0.39 is 0 Å². The van der Waals surface area contributed by atoms with Gasteiger partial charge in [-0.15, -0.1) is 0 Å². The normalized spacial score (nSPS) is 17.0. The zero-order chi connectivity index (χ0) is 18.0. The summed E-state index contributed by atoms with van der Waals surface area (Å²) in [4.78, 5) is 27.9. The minimum atomic E-state index is -0.215. The van der Waals surface area contributed by atoms with Crippen molar-refractivity contribution in [2.45, 2.75) is 32.9 Å². The number of amides is 3. The average molecular weight is 342 g/mol. The smallest absolute Gasteiger partial charge is 0.317 e. The molecule has 3 rings (SSSR count). The summed E-state index contributed by atoms with van der Waals surface area (Å²) in [5, 5.41) is 6.83. The van der Waals surface area contributed by atoms with Crippen molar-refractivity contribution in [3.05, 3.63) is 47.3 Å². The lowest BCUT2D eigenvalue weighted by Gasteiger charge is -2.21. The lowest BCUT2D eigenvalue weighted by atomic mass is 10.2. The monoisotopic (exact) mass is 342 g/mol. The first-order valence-corrected chi connectivity index (χ1v) is 8.24. The van der Waals surface area contributed by atoms with Gasteiger partial charge in [-0.1, -0.05) is 23.4 Å². The van der Waals surface area contributed by atoms with Gasteiger partial charge in [0.1, 0.15) is 5.76 Å². The van der Waals surface area contributed by atoms with Gasteiger partial charge in [0, 0.05) is 31.3 Å². The third-order valence-corrected chi connectivity index (χ3v) is 4.44. The van der Waals surface area contributed by atoms with E-state index >= 15 is 0 Å². The van der Waals surface area contributed by atoms with Crippen LogP contribution >= 0.6 is 0 Å².